The Hall–Kier alpha value is -1.30. The SMILES string of the molecule is CCNC(=NCC(C)N(C)C1CC1)N1CCN(C(C)=O)CC1. The van der Waals surface area contributed by atoms with E-state index in [0.29, 0.717) is 6.04 Å². The van der Waals surface area contributed by atoms with Crippen molar-refractivity contribution in [2.45, 2.75) is 45.7 Å². The number of amides is 1. The monoisotopic (exact) mass is 309 g/mol. The Labute approximate surface area is 134 Å². The van der Waals surface area contributed by atoms with Crippen molar-refractivity contribution in [1.29, 1.82) is 0 Å². The molecule has 1 heterocycles. The molecule has 2 rings (SSSR count). The number of likely N-dealkylation sites (N-methyl/N-ethyl adjacent to an activating group) is 1. The van der Waals surface area contributed by atoms with Gasteiger partial charge in [-0.05, 0) is 33.7 Å². The van der Waals surface area contributed by atoms with Crippen molar-refractivity contribution < 1.29 is 4.79 Å². The molecule has 2 fully saturated rings. The average Bonchev–Trinajstić information content (AvgIpc) is 3.35. The fraction of sp³-hybridized carbons (Fsp3) is 0.875. The van der Waals surface area contributed by atoms with E-state index in [9.17, 15) is 4.79 Å². The third-order valence-electron chi connectivity index (χ3n) is 4.68. The van der Waals surface area contributed by atoms with E-state index in [2.05, 4.69) is 36.0 Å². The van der Waals surface area contributed by atoms with Crippen LogP contribution in [0.2, 0.25) is 0 Å². The second-order valence-electron chi connectivity index (χ2n) is 6.43. The summed E-state index contributed by atoms with van der Waals surface area (Å²) in [5, 5.41) is 3.39. The van der Waals surface area contributed by atoms with Gasteiger partial charge >= 0.3 is 0 Å². The molecule has 2 aliphatic rings. The van der Waals surface area contributed by atoms with Gasteiger partial charge in [0.1, 0.15) is 0 Å². The van der Waals surface area contributed by atoms with Gasteiger partial charge in [0.15, 0.2) is 5.96 Å². The molecule has 1 saturated heterocycles. The summed E-state index contributed by atoms with van der Waals surface area (Å²) < 4.78 is 0. The summed E-state index contributed by atoms with van der Waals surface area (Å²) in [6, 6.07) is 1.24. The number of hydrogen-bond donors (Lipinski definition) is 1. The molecule has 6 nitrogen and oxygen atoms in total. The zero-order valence-electron chi connectivity index (χ0n) is 14.5. The summed E-state index contributed by atoms with van der Waals surface area (Å²) in [7, 11) is 2.20. The maximum Gasteiger partial charge on any atom is 0.219 e. The fourth-order valence-corrected chi connectivity index (χ4v) is 2.85. The summed E-state index contributed by atoms with van der Waals surface area (Å²) >= 11 is 0. The molecule has 6 heteroatoms. The lowest BCUT2D eigenvalue weighted by Gasteiger charge is -2.36. The van der Waals surface area contributed by atoms with Gasteiger partial charge in [0.2, 0.25) is 5.91 Å². The first-order valence-corrected chi connectivity index (χ1v) is 8.53. The van der Waals surface area contributed by atoms with Crippen molar-refractivity contribution in [1.82, 2.24) is 20.0 Å². The zero-order valence-corrected chi connectivity index (χ0v) is 14.5. The molecular formula is C16H31N5O. The van der Waals surface area contributed by atoms with E-state index in [4.69, 9.17) is 4.99 Å². The van der Waals surface area contributed by atoms with Gasteiger partial charge < -0.3 is 15.1 Å². The molecule has 1 unspecified atom stereocenters. The standard InChI is InChI=1S/C16H31N5O/c1-5-17-16(18-12-13(2)19(4)15-6-7-15)21-10-8-20(9-11-21)14(3)22/h13,15H,5-12H2,1-4H3,(H,17,18). The molecule has 0 aromatic rings. The Bertz CT molecular complexity index is 399. The molecule has 1 atom stereocenters. The van der Waals surface area contributed by atoms with Gasteiger partial charge in [-0.15, -0.1) is 0 Å². The molecular weight excluding hydrogens is 278 g/mol. The van der Waals surface area contributed by atoms with Crippen molar-refractivity contribution >= 4 is 11.9 Å². The molecule has 126 valence electrons. The van der Waals surface area contributed by atoms with E-state index in [1.54, 1.807) is 6.92 Å². The summed E-state index contributed by atoms with van der Waals surface area (Å²) in [5.41, 5.74) is 0. The van der Waals surface area contributed by atoms with Gasteiger partial charge in [-0.3, -0.25) is 14.7 Å². The Kier molecular flexibility index (Phi) is 6.06. The largest absolute Gasteiger partial charge is 0.357 e. The maximum atomic E-state index is 11.4. The third kappa shape index (κ3) is 4.60. The Morgan fingerprint density at radius 1 is 1.27 bits per heavy atom. The lowest BCUT2D eigenvalue weighted by molar-refractivity contribution is -0.130. The van der Waals surface area contributed by atoms with Crippen LogP contribution in [-0.4, -0.2) is 85.0 Å². The molecule has 0 bridgehead atoms. The number of nitrogens with zero attached hydrogens (tertiary/aromatic N) is 4. The van der Waals surface area contributed by atoms with Crippen molar-refractivity contribution in [3.63, 3.8) is 0 Å². The Morgan fingerprint density at radius 2 is 1.86 bits per heavy atom. The third-order valence-corrected chi connectivity index (χ3v) is 4.68. The normalized spacial score (nSPS) is 21.2. The number of nitrogens with one attached hydrogen (secondary N) is 1. The second-order valence-corrected chi connectivity index (χ2v) is 6.43. The van der Waals surface area contributed by atoms with Crippen molar-refractivity contribution in [3.8, 4) is 0 Å². The van der Waals surface area contributed by atoms with Crippen LogP contribution in [-0.2, 0) is 4.79 Å². The minimum atomic E-state index is 0.168. The van der Waals surface area contributed by atoms with Crippen LogP contribution in [0.5, 0.6) is 0 Å². The van der Waals surface area contributed by atoms with Crippen LogP contribution >= 0.6 is 0 Å². The van der Waals surface area contributed by atoms with Crippen LogP contribution in [0.15, 0.2) is 4.99 Å². The van der Waals surface area contributed by atoms with Gasteiger partial charge in [0.25, 0.3) is 0 Å². The van der Waals surface area contributed by atoms with Crippen molar-refractivity contribution in [3.05, 3.63) is 0 Å². The van der Waals surface area contributed by atoms with Crippen molar-refractivity contribution in [2.75, 3.05) is 46.3 Å². The number of carbonyl (C=O) groups is 1. The highest BCUT2D eigenvalue weighted by atomic mass is 16.2. The number of carbonyl (C=O) groups excluding carboxylic acids is 1. The lowest BCUT2D eigenvalue weighted by atomic mass is 10.3. The van der Waals surface area contributed by atoms with Gasteiger partial charge in [-0.2, -0.15) is 0 Å². The summed E-state index contributed by atoms with van der Waals surface area (Å²) in [6.45, 7) is 11.0. The second kappa shape index (κ2) is 7.81. The van der Waals surface area contributed by atoms with Crippen LogP contribution in [0.4, 0.5) is 0 Å². The molecule has 0 spiro atoms. The van der Waals surface area contributed by atoms with E-state index < -0.39 is 0 Å². The topological polar surface area (TPSA) is 51.2 Å². The van der Waals surface area contributed by atoms with E-state index in [1.807, 2.05) is 4.90 Å². The Morgan fingerprint density at radius 3 is 2.36 bits per heavy atom. The summed E-state index contributed by atoms with van der Waals surface area (Å²) in [6.07, 6.45) is 2.66. The molecule has 22 heavy (non-hydrogen) atoms. The number of piperazine rings is 1. The predicted octanol–water partition coefficient (Wildman–Crippen LogP) is 0.599. The number of guanidine groups is 1. The number of hydrogen-bond acceptors (Lipinski definition) is 3. The minimum absolute atomic E-state index is 0.168. The predicted molar refractivity (Wildman–Crippen MR) is 90.1 cm³/mol. The van der Waals surface area contributed by atoms with E-state index >= 15 is 0 Å². The highest BCUT2D eigenvalue weighted by molar-refractivity contribution is 5.80. The van der Waals surface area contributed by atoms with Gasteiger partial charge in [-0.25, -0.2) is 0 Å². The molecule has 1 aliphatic heterocycles. The average molecular weight is 309 g/mol. The first-order chi connectivity index (χ1) is 10.5. The minimum Gasteiger partial charge on any atom is -0.357 e. The van der Waals surface area contributed by atoms with Crippen LogP contribution in [0.1, 0.15) is 33.6 Å². The molecule has 0 radical (unpaired) electrons. The van der Waals surface area contributed by atoms with Gasteiger partial charge in [0, 0.05) is 51.7 Å². The smallest absolute Gasteiger partial charge is 0.219 e. The highest BCUT2D eigenvalue weighted by Crippen LogP contribution is 2.26. The summed E-state index contributed by atoms with van der Waals surface area (Å²) in [4.78, 5) is 22.9. The lowest BCUT2D eigenvalue weighted by Crippen LogP contribution is -2.53. The Balaban J connectivity index is 1.88. The number of aliphatic imine (C=N–C) groups is 1. The molecule has 1 amide bonds. The van der Waals surface area contributed by atoms with E-state index in [1.165, 1.54) is 12.8 Å². The number of rotatable bonds is 5. The summed E-state index contributed by atoms with van der Waals surface area (Å²) in [5.74, 6) is 1.16. The van der Waals surface area contributed by atoms with E-state index in [0.717, 1.165) is 51.3 Å². The van der Waals surface area contributed by atoms with E-state index in [-0.39, 0.29) is 5.91 Å². The molecule has 1 N–H and O–H groups in total. The van der Waals surface area contributed by atoms with Crippen LogP contribution in [0.3, 0.4) is 0 Å². The van der Waals surface area contributed by atoms with Gasteiger partial charge in [0.05, 0.1) is 6.54 Å². The molecule has 1 saturated carbocycles. The van der Waals surface area contributed by atoms with Crippen LogP contribution in [0, 0.1) is 0 Å². The first kappa shape index (κ1) is 17.1. The maximum absolute atomic E-state index is 11.4. The molecule has 1 aliphatic carbocycles. The quantitative estimate of drug-likeness (QED) is 0.597. The zero-order chi connectivity index (χ0) is 16.1. The molecule has 0 aromatic carbocycles. The van der Waals surface area contributed by atoms with Crippen LogP contribution < -0.4 is 5.32 Å². The highest BCUT2D eigenvalue weighted by Gasteiger charge is 2.29. The van der Waals surface area contributed by atoms with Gasteiger partial charge in [-0.1, -0.05) is 0 Å². The van der Waals surface area contributed by atoms with Crippen LogP contribution in [0.25, 0.3) is 0 Å². The first-order valence-electron chi connectivity index (χ1n) is 8.53. The van der Waals surface area contributed by atoms with Crippen molar-refractivity contribution in [2.24, 2.45) is 4.99 Å². The fourth-order valence-electron chi connectivity index (χ4n) is 2.85. The molecule has 0 aromatic heterocycles.